The number of carbonyl (C=O) groups is 2. The summed E-state index contributed by atoms with van der Waals surface area (Å²) in [6.07, 6.45) is 1.26. The fourth-order valence-corrected chi connectivity index (χ4v) is 3.93. The highest BCUT2D eigenvalue weighted by Crippen LogP contribution is 2.23. The summed E-state index contributed by atoms with van der Waals surface area (Å²) in [5.74, 6) is 1.34. The van der Waals surface area contributed by atoms with Crippen molar-refractivity contribution in [1.82, 2.24) is 4.90 Å². The van der Waals surface area contributed by atoms with Gasteiger partial charge in [-0.05, 0) is 55.3 Å². The highest BCUT2D eigenvalue weighted by molar-refractivity contribution is 9.10. The van der Waals surface area contributed by atoms with Crippen molar-refractivity contribution in [2.45, 2.75) is 19.4 Å². The minimum Gasteiger partial charge on any atom is -0.486 e. The molecule has 6 nitrogen and oxygen atoms in total. The number of carbonyl (C=O) groups excluding carboxylic acids is 2. The van der Waals surface area contributed by atoms with Gasteiger partial charge in [-0.25, -0.2) is 0 Å². The maximum Gasteiger partial charge on any atom is 0.289 e. The van der Waals surface area contributed by atoms with Gasteiger partial charge in [0, 0.05) is 29.2 Å². The van der Waals surface area contributed by atoms with Crippen LogP contribution in [0, 0.1) is 5.92 Å². The highest BCUT2D eigenvalue weighted by atomic mass is 79.9. The Bertz CT molecular complexity index is 1040. The quantitative estimate of drug-likeness (QED) is 0.529. The third kappa shape index (κ3) is 5.55. The van der Waals surface area contributed by atoms with Crippen molar-refractivity contribution in [3.05, 3.63) is 82.7 Å². The van der Waals surface area contributed by atoms with Crippen LogP contribution in [0.1, 0.15) is 29.2 Å². The van der Waals surface area contributed by atoms with Crippen molar-refractivity contribution < 1.29 is 18.7 Å². The highest BCUT2D eigenvalue weighted by Gasteiger charge is 2.29. The first-order chi connectivity index (χ1) is 15.1. The lowest BCUT2D eigenvalue weighted by molar-refractivity contribution is -0.121. The number of halogens is 1. The van der Waals surface area contributed by atoms with Gasteiger partial charge < -0.3 is 19.4 Å². The molecule has 2 heterocycles. The molecule has 0 atom stereocenters. The topological polar surface area (TPSA) is 71.8 Å². The first-order valence-electron chi connectivity index (χ1n) is 10.2. The fraction of sp³-hybridized carbons (Fsp3) is 0.250. The lowest BCUT2D eigenvalue weighted by atomic mass is 9.95. The van der Waals surface area contributed by atoms with Gasteiger partial charge in [-0.15, -0.1) is 0 Å². The number of benzene rings is 2. The fourth-order valence-electron chi connectivity index (χ4n) is 3.55. The van der Waals surface area contributed by atoms with Crippen LogP contribution in [-0.2, 0) is 11.4 Å². The van der Waals surface area contributed by atoms with Gasteiger partial charge in [-0.3, -0.25) is 9.59 Å². The van der Waals surface area contributed by atoms with E-state index in [-0.39, 0.29) is 24.3 Å². The summed E-state index contributed by atoms with van der Waals surface area (Å²) in [6.45, 7) is 1.29. The smallest absolute Gasteiger partial charge is 0.289 e. The Hall–Kier alpha value is -3.06. The molecule has 2 amide bonds. The van der Waals surface area contributed by atoms with Crippen molar-refractivity contribution >= 4 is 33.4 Å². The van der Waals surface area contributed by atoms with E-state index >= 15 is 0 Å². The zero-order valence-corrected chi connectivity index (χ0v) is 18.5. The number of hydrogen-bond donors (Lipinski definition) is 1. The maximum atomic E-state index is 12.8. The van der Waals surface area contributed by atoms with Crippen LogP contribution in [0.2, 0.25) is 0 Å². The third-order valence-corrected chi connectivity index (χ3v) is 5.74. The Morgan fingerprint density at radius 3 is 2.55 bits per heavy atom. The number of rotatable bonds is 6. The van der Waals surface area contributed by atoms with E-state index in [2.05, 4.69) is 21.2 Å². The second kappa shape index (κ2) is 9.83. The van der Waals surface area contributed by atoms with Gasteiger partial charge in [-0.1, -0.05) is 40.2 Å². The summed E-state index contributed by atoms with van der Waals surface area (Å²) < 4.78 is 12.3. The van der Waals surface area contributed by atoms with Crippen LogP contribution in [0.15, 0.2) is 75.6 Å². The number of piperidine rings is 1. The van der Waals surface area contributed by atoms with Crippen molar-refractivity contribution in [1.29, 1.82) is 0 Å². The molecule has 0 radical (unpaired) electrons. The van der Waals surface area contributed by atoms with Crippen LogP contribution < -0.4 is 10.1 Å². The molecule has 7 heteroatoms. The van der Waals surface area contributed by atoms with Crippen LogP contribution >= 0.6 is 15.9 Å². The number of para-hydroxylation sites is 1. The third-order valence-electron chi connectivity index (χ3n) is 5.24. The predicted molar refractivity (Wildman–Crippen MR) is 121 cm³/mol. The van der Waals surface area contributed by atoms with Gasteiger partial charge in [0.1, 0.15) is 18.1 Å². The van der Waals surface area contributed by atoms with Gasteiger partial charge in [0.15, 0.2) is 5.76 Å². The minimum atomic E-state index is -0.157. The molecule has 0 bridgehead atoms. The molecule has 0 unspecified atom stereocenters. The summed E-state index contributed by atoms with van der Waals surface area (Å²) >= 11 is 3.41. The number of hydrogen-bond acceptors (Lipinski definition) is 4. The second-order valence-electron chi connectivity index (χ2n) is 7.43. The van der Waals surface area contributed by atoms with Crippen molar-refractivity contribution in [2.75, 3.05) is 18.4 Å². The Morgan fingerprint density at radius 2 is 1.81 bits per heavy atom. The van der Waals surface area contributed by atoms with Crippen molar-refractivity contribution in [3.63, 3.8) is 0 Å². The molecule has 1 aromatic heterocycles. The Labute approximate surface area is 189 Å². The first-order valence-corrected chi connectivity index (χ1v) is 11.0. The van der Waals surface area contributed by atoms with Gasteiger partial charge >= 0.3 is 0 Å². The Morgan fingerprint density at radius 1 is 1.03 bits per heavy atom. The summed E-state index contributed by atoms with van der Waals surface area (Å²) in [7, 11) is 0. The number of furan rings is 1. The SMILES string of the molecule is O=C(Nc1ccccc1)C1CCN(C(=O)c2ccc(COc3cccc(Br)c3)o2)CC1. The number of amides is 2. The number of ether oxygens (including phenoxy) is 1. The van der Waals surface area contributed by atoms with E-state index in [4.69, 9.17) is 9.15 Å². The average molecular weight is 483 g/mol. The minimum absolute atomic E-state index is 0.00304. The molecule has 1 fully saturated rings. The predicted octanol–water partition coefficient (Wildman–Crippen LogP) is 5.11. The molecule has 31 heavy (non-hydrogen) atoms. The molecule has 4 rings (SSSR count). The number of likely N-dealkylation sites (tertiary alicyclic amines) is 1. The number of nitrogens with zero attached hydrogens (tertiary/aromatic N) is 1. The van der Waals surface area contributed by atoms with Crippen LogP contribution in [0.3, 0.4) is 0 Å². The molecule has 1 N–H and O–H groups in total. The summed E-state index contributed by atoms with van der Waals surface area (Å²) in [6, 6.07) is 20.4. The Kier molecular flexibility index (Phi) is 6.72. The largest absolute Gasteiger partial charge is 0.486 e. The van der Waals surface area contributed by atoms with Gasteiger partial charge in [0.2, 0.25) is 5.91 Å². The number of anilines is 1. The van der Waals surface area contributed by atoms with Crippen LogP contribution in [0.25, 0.3) is 0 Å². The van der Waals surface area contributed by atoms with E-state index in [1.165, 1.54) is 0 Å². The summed E-state index contributed by atoms with van der Waals surface area (Å²) in [4.78, 5) is 27.0. The van der Waals surface area contributed by atoms with E-state index in [1.54, 1.807) is 17.0 Å². The van der Waals surface area contributed by atoms with E-state index in [1.807, 2.05) is 54.6 Å². The number of nitrogens with one attached hydrogen (secondary N) is 1. The monoisotopic (exact) mass is 482 g/mol. The molecule has 0 spiro atoms. The molecule has 0 saturated carbocycles. The Balaban J connectivity index is 1.27. The van der Waals surface area contributed by atoms with Crippen LogP contribution in [-0.4, -0.2) is 29.8 Å². The molecule has 1 saturated heterocycles. The van der Waals surface area contributed by atoms with E-state index in [0.29, 0.717) is 37.5 Å². The standard InChI is InChI=1S/C24H23BrN2O4/c25-18-5-4-8-20(15-18)30-16-21-9-10-22(31-21)24(29)27-13-11-17(12-14-27)23(28)26-19-6-2-1-3-7-19/h1-10,15,17H,11-14,16H2,(H,26,28). The zero-order chi connectivity index (χ0) is 21.6. The van der Waals surface area contributed by atoms with Gasteiger partial charge in [-0.2, -0.15) is 0 Å². The molecule has 1 aliphatic heterocycles. The molecule has 160 valence electrons. The van der Waals surface area contributed by atoms with Crippen LogP contribution in [0.5, 0.6) is 5.75 Å². The maximum absolute atomic E-state index is 12.8. The molecule has 0 aliphatic carbocycles. The molecular formula is C24H23BrN2O4. The van der Waals surface area contributed by atoms with Gasteiger partial charge in [0.25, 0.3) is 5.91 Å². The molecule has 1 aliphatic rings. The zero-order valence-electron chi connectivity index (χ0n) is 16.9. The average Bonchev–Trinajstić information content (AvgIpc) is 3.27. The lowest BCUT2D eigenvalue weighted by Crippen LogP contribution is -2.41. The van der Waals surface area contributed by atoms with E-state index in [0.717, 1.165) is 15.9 Å². The second-order valence-corrected chi connectivity index (χ2v) is 8.35. The summed E-state index contributed by atoms with van der Waals surface area (Å²) in [5.41, 5.74) is 0.791. The normalized spacial score (nSPS) is 14.3. The van der Waals surface area contributed by atoms with Crippen molar-refractivity contribution in [3.8, 4) is 5.75 Å². The van der Waals surface area contributed by atoms with E-state index in [9.17, 15) is 9.59 Å². The first kappa shape index (κ1) is 21.2. The lowest BCUT2D eigenvalue weighted by Gasteiger charge is -2.30. The van der Waals surface area contributed by atoms with Crippen molar-refractivity contribution in [2.24, 2.45) is 5.92 Å². The molecule has 3 aromatic rings. The van der Waals surface area contributed by atoms with Gasteiger partial charge in [0.05, 0.1) is 0 Å². The van der Waals surface area contributed by atoms with Crippen LogP contribution in [0.4, 0.5) is 5.69 Å². The molecule has 2 aromatic carbocycles. The van der Waals surface area contributed by atoms with E-state index < -0.39 is 0 Å². The molecular weight excluding hydrogens is 460 g/mol. The summed E-state index contributed by atoms with van der Waals surface area (Å²) in [5, 5.41) is 2.94.